The minimum Gasteiger partial charge on any atom is -0.548 e. The fourth-order valence-electron chi connectivity index (χ4n) is 1.06. The van der Waals surface area contributed by atoms with Gasteiger partial charge in [-0.05, 0) is 18.4 Å². The summed E-state index contributed by atoms with van der Waals surface area (Å²) in [6.45, 7) is -0.760. The Kier molecular flexibility index (Phi) is 8.16. The first kappa shape index (κ1) is 15.7. The van der Waals surface area contributed by atoms with Gasteiger partial charge in [0, 0.05) is 0 Å². The average molecular weight is 263 g/mol. The van der Waals surface area contributed by atoms with Gasteiger partial charge in [-0.3, -0.25) is 9.59 Å². The minimum atomic E-state index is -1.57. The first-order valence-electron chi connectivity index (χ1n) is 4.87. The number of aliphatic hydroxyl groups excluding tert-OH is 1. The lowest BCUT2D eigenvalue weighted by atomic mass is 10.2. The molecule has 0 saturated carbocycles. The molecular weight excluding hydrogens is 248 g/mol. The van der Waals surface area contributed by atoms with Crippen LogP contribution in [0.25, 0.3) is 0 Å². The molecule has 0 radical (unpaired) electrons. The van der Waals surface area contributed by atoms with E-state index in [4.69, 9.17) is 5.11 Å². The summed E-state index contributed by atoms with van der Waals surface area (Å²) in [5.74, 6) is -1.60. The third-order valence-corrected chi connectivity index (χ3v) is 2.62. The summed E-state index contributed by atoms with van der Waals surface area (Å²) < 4.78 is 0. The molecule has 0 aromatic rings. The summed E-state index contributed by atoms with van der Waals surface area (Å²) >= 11 is 1.49. The number of hydrogen-bond acceptors (Lipinski definition) is 6. The number of carboxylic acid groups (broad SMARTS) is 1. The van der Waals surface area contributed by atoms with Crippen molar-refractivity contribution in [3.63, 3.8) is 0 Å². The molecule has 17 heavy (non-hydrogen) atoms. The summed E-state index contributed by atoms with van der Waals surface area (Å²) in [6, 6.07) is -2.28. The Morgan fingerprint density at radius 2 is 2.12 bits per heavy atom. The van der Waals surface area contributed by atoms with E-state index in [1.807, 2.05) is 6.26 Å². The van der Waals surface area contributed by atoms with E-state index in [0.29, 0.717) is 18.6 Å². The van der Waals surface area contributed by atoms with Gasteiger partial charge in [0.15, 0.2) is 0 Å². The number of thioether (sulfide) groups is 1. The van der Waals surface area contributed by atoms with E-state index in [9.17, 15) is 19.5 Å². The molecule has 0 aromatic heterocycles. The van der Waals surface area contributed by atoms with Crippen LogP contribution in [0.2, 0.25) is 0 Å². The third-order valence-electron chi connectivity index (χ3n) is 1.98. The zero-order chi connectivity index (χ0) is 13.3. The molecule has 0 aliphatic rings. The van der Waals surface area contributed by atoms with E-state index in [1.54, 1.807) is 0 Å². The van der Waals surface area contributed by atoms with Gasteiger partial charge < -0.3 is 25.6 Å². The second-order valence-electron chi connectivity index (χ2n) is 3.18. The SMILES string of the molecule is CSCC[C@H](NC=O)C(=O)N[C@@H](CO)C(=O)[O-]. The van der Waals surface area contributed by atoms with E-state index < -0.39 is 30.6 Å². The van der Waals surface area contributed by atoms with Crippen LogP contribution < -0.4 is 15.7 Å². The number of aliphatic carboxylic acids is 1. The number of nitrogens with one attached hydrogen (secondary N) is 2. The summed E-state index contributed by atoms with van der Waals surface area (Å²) in [7, 11) is 0. The molecule has 0 fully saturated rings. The lowest BCUT2D eigenvalue weighted by molar-refractivity contribution is -0.309. The van der Waals surface area contributed by atoms with Crippen LogP contribution in [-0.2, 0) is 14.4 Å². The molecule has 0 bridgehead atoms. The normalized spacial score (nSPS) is 13.5. The van der Waals surface area contributed by atoms with Gasteiger partial charge in [-0.15, -0.1) is 0 Å². The largest absolute Gasteiger partial charge is 0.548 e. The molecule has 2 atom stereocenters. The Bertz CT molecular complexity index is 274. The van der Waals surface area contributed by atoms with E-state index in [2.05, 4.69) is 10.6 Å². The maximum Gasteiger partial charge on any atom is 0.243 e. The Hall–Kier alpha value is -1.28. The van der Waals surface area contributed by atoms with Crippen molar-refractivity contribution >= 4 is 30.0 Å². The fraction of sp³-hybridized carbons (Fsp3) is 0.667. The van der Waals surface area contributed by atoms with Gasteiger partial charge in [0.2, 0.25) is 12.3 Å². The minimum absolute atomic E-state index is 0.372. The van der Waals surface area contributed by atoms with E-state index in [1.165, 1.54) is 11.8 Å². The van der Waals surface area contributed by atoms with Gasteiger partial charge >= 0.3 is 0 Å². The molecule has 0 saturated heterocycles. The monoisotopic (exact) mass is 263 g/mol. The zero-order valence-electron chi connectivity index (χ0n) is 9.34. The van der Waals surface area contributed by atoms with E-state index in [0.717, 1.165) is 0 Å². The van der Waals surface area contributed by atoms with Crippen molar-refractivity contribution in [3.8, 4) is 0 Å². The highest BCUT2D eigenvalue weighted by Crippen LogP contribution is 2.00. The Labute approximate surface area is 103 Å². The maximum absolute atomic E-state index is 11.6. The molecule has 0 rings (SSSR count). The lowest BCUT2D eigenvalue weighted by Gasteiger charge is -2.21. The molecule has 0 aliphatic carbocycles. The molecular formula is C9H15N2O5S-. The predicted molar refractivity (Wildman–Crippen MR) is 60.0 cm³/mol. The van der Waals surface area contributed by atoms with Gasteiger partial charge in [0.25, 0.3) is 0 Å². The van der Waals surface area contributed by atoms with Crippen molar-refractivity contribution < 1.29 is 24.6 Å². The third kappa shape index (κ3) is 6.12. The Morgan fingerprint density at radius 1 is 1.47 bits per heavy atom. The number of carbonyl (C=O) groups is 3. The van der Waals surface area contributed by atoms with Gasteiger partial charge in [-0.2, -0.15) is 11.8 Å². The van der Waals surface area contributed by atoms with Crippen LogP contribution in [0.4, 0.5) is 0 Å². The van der Waals surface area contributed by atoms with Crippen molar-refractivity contribution in [2.45, 2.75) is 18.5 Å². The van der Waals surface area contributed by atoms with Gasteiger partial charge in [-0.25, -0.2) is 0 Å². The van der Waals surface area contributed by atoms with Gasteiger partial charge in [-0.1, -0.05) is 0 Å². The molecule has 98 valence electrons. The summed E-state index contributed by atoms with van der Waals surface area (Å²) in [5, 5.41) is 23.5. The molecule has 3 N–H and O–H groups in total. The van der Waals surface area contributed by atoms with E-state index in [-0.39, 0.29) is 0 Å². The number of carboxylic acids is 1. The highest BCUT2D eigenvalue weighted by atomic mass is 32.2. The standard InChI is InChI=1S/C9H16N2O5S/c1-17-3-2-6(10-5-13)8(14)11-7(4-12)9(15)16/h5-7,12H,2-4H2,1H3,(H,10,13)(H,11,14)(H,15,16)/p-1/t6-,7-/m0/s1. The van der Waals surface area contributed by atoms with Crippen LogP contribution in [0.1, 0.15) is 6.42 Å². The first-order valence-corrected chi connectivity index (χ1v) is 6.26. The van der Waals surface area contributed by atoms with Crippen LogP contribution >= 0.6 is 11.8 Å². The van der Waals surface area contributed by atoms with Crippen LogP contribution in [-0.4, -0.2) is 54.1 Å². The average Bonchev–Trinajstić information content (AvgIpc) is 2.30. The van der Waals surface area contributed by atoms with Crippen molar-refractivity contribution in [1.29, 1.82) is 0 Å². The molecule has 0 aliphatic heterocycles. The highest BCUT2D eigenvalue weighted by molar-refractivity contribution is 7.98. The topological polar surface area (TPSA) is 119 Å². The van der Waals surface area contributed by atoms with Crippen LogP contribution in [0.3, 0.4) is 0 Å². The number of rotatable bonds is 9. The number of aliphatic hydroxyl groups is 1. The number of hydrogen-bond donors (Lipinski definition) is 3. The van der Waals surface area contributed by atoms with Crippen LogP contribution in [0.15, 0.2) is 0 Å². The number of amides is 2. The van der Waals surface area contributed by atoms with Crippen molar-refractivity contribution in [3.05, 3.63) is 0 Å². The first-order chi connectivity index (χ1) is 8.06. The van der Waals surface area contributed by atoms with Crippen LogP contribution in [0, 0.1) is 0 Å². The Morgan fingerprint density at radius 3 is 2.53 bits per heavy atom. The summed E-state index contributed by atoms with van der Waals surface area (Å²) in [6.07, 6.45) is 2.59. The lowest BCUT2D eigenvalue weighted by Crippen LogP contribution is -2.55. The summed E-state index contributed by atoms with van der Waals surface area (Å²) in [4.78, 5) is 32.3. The predicted octanol–water partition coefficient (Wildman–Crippen LogP) is -2.92. The van der Waals surface area contributed by atoms with Crippen LogP contribution in [0.5, 0.6) is 0 Å². The van der Waals surface area contributed by atoms with Gasteiger partial charge in [0.05, 0.1) is 18.6 Å². The van der Waals surface area contributed by atoms with E-state index >= 15 is 0 Å². The molecule has 0 aromatic carbocycles. The van der Waals surface area contributed by atoms with Crippen molar-refractivity contribution in [1.82, 2.24) is 10.6 Å². The Balaban J connectivity index is 4.38. The fourth-order valence-corrected chi connectivity index (χ4v) is 1.53. The second kappa shape index (κ2) is 8.82. The maximum atomic E-state index is 11.6. The van der Waals surface area contributed by atoms with Crippen molar-refractivity contribution in [2.75, 3.05) is 18.6 Å². The van der Waals surface area contributed by atoms with Crippen molar-refractivity contribution in [2.24, 2.45) is 0 Å². The zero-order valence-corrected chi connectivity index (χ0v) is 10.2. The highest BCUT2D eigenvalue weighted by Gasteiger charge is 2.20. The number of carbonyl (C=O) groups excluding carboxylic acids is 3. The molecule has 2 amide bonds. The second-order valence-corrected chi connectivity index (χ2v) is 4.17. The molecule has 7 nitrogen and oxygen atoms in total. The van der Waals surface area contributed by atoms with Gasteiger partial charge in [0.1, 0.15) is 6.04 Å². The molecule has 0 heterocycles. The quantitative estimate of drug-likeness (QED) is 0.383. The summed E-state index contributed by atoms with van der Waals surface area (Å²) in [5.41, 5.74) is 0. The smallest absolute Gasteiger partial charge is 0.243 e. The molecule has 0 spiro atoms. The molecule has 0 unspecified atom stereocenters. The molecule has 8 heteroatoms.